The van der Waals surface area contributed by atoms with E-state index < -0.39 is 23.2 Å². The van der Waals surface area contributed by atoms with Gasteiger partial charge in [-0.3, -0.25) is 4.90 Å². The van der Waals surface area contributed by atoms with Crippen LogP contribution in [0.25, 0.3) is 0 Å². The number of rotatable bonds is 2. The quantitative estimate of drug-likeness (QED) is 0.819. The lowest BCUT2D eigenvalue weighted by Crippen LogP contribution is -2.51. The number of benzene rings is 1. The van der Waals surface area contributed by atoms with Crippen LogP contribution in [0.5, 0.6) is 0 Å². The average Bonchev–Trinajstić information content (AvgIpc) is 2.41. The molecule has 0 aromatic heterocycles. The predicted molar refractivity (Wildman–Crippen MR) is 80.3 cm³/mol. The van der Waals surface area contributed by atoms with Crippen molar-refractivity contribution in [2.75, 3.05) is 13.1 Å². The number of hydrogen-bond acceptors (Lipinski definition) is 2. The third kappa shape index (κ3) is 4.04. The van der Waals surface area contributed by atoms with Crippen LogP contribution in [-0.2, 0) is 12.7 Å². The van der Waals surface area contributed by atoms with E-state index in [1.54, 1.807) is 0 Å². The fourth-order valence-corrected chi connectivity index (χ4v) is 2.92. The Kier molecular flexibility index (Phi) is 4.79. The number of likely N-dealkylation sites (tertiary alicyclic amines) is 1. The first kappa shape index (κ1) is 18.2. The van der Waals surface area contributed by atoms with E-state index in [1.165, 1.54) is 6.07 Å². The molecule has 23 heavy (non-hydrogen) atoms. The lowest BCUT2D eigenvalue weighted by Gasteiger charge is -2.46. The highest BCUT2D eigenvalue weighted by Gasteiger charge is 2.42. The van der Waals surface area contributed by atoms with Crippen LogP contribution in [0.2, 0.25) is 0 Å². The third-order valence-electron chi connectivity index (χ3n) is 4.85. The van der Waals surface area contributed by atoms with Gasteiger partial charge in [-0.2, -0.15) is 13.2 Å². The van der Waals surface area contributed by atoms with E-state index in [0.717, 1.165) is 6.07 Å². The minimum Gasteiger partial charge on any atom is -0.389 e. The lowest BCUT2D eigenvalue weighted by molar-refractivity contribution is -0.137. The summed E-state index contributed by atoms with van der Waals surface area (Å²) >= 11 is 0. The van der Waals surface area contributed by atoms with Gasteiger partial charge in [0, 0.05) is 25.2 Å². The van der Waals surface area contributed by atoms with Gasteiger partial charge in [0.1, 0.15) is 5.82 Å². The van der Waals surface area contributed by atoms with Crippen molar-refractivity contribution in [3.8, 4) is 0 Å². The van der Waals surface area contributed by atoms with E-state index in [-0.39, 0.29) is 17.5 Å². The Balaban J connectivity index is 2.02. The fourth-order valence-electron chi connectivity index (χ4n) is 2.92. The summed E-state index contributed by atoms with van der Waals surface area (Å²) in [4.78, 5) is 1.96. The molecular weight excluding hydrogens is 310 g/mol. The summed E-state index contributed by atoms with van der Waals surface area (Å²) in [5.74, 6) is -0.837. The molecule has 1 aromatic rings. The van der Waals surface area contributed by atoms with Gasteiger partial charge in [0.25, 0.3) is 0 Å². The van der Waals surface area contributed by atoms with E-state index in [2.05, 4.69) is 0 Å². The van der Waals surface area contributed by atoms with Gasteiger partial charge >= 0.3 is 6.18 Å². The number of alkyl halides is 3. The smallest absolute Gasteiger partial charge is 0.389 e. The van der Waals surface area contributed by atoms with Crippen molar-refractivity contribution in [1.82, 2.24) is 4.90 Å². The number of halogens is 4. The second-order valence-electron chi connectivity index (χ2n) is 7.36. The molecule has 2 nitrogen and oxygen atoms in total. The van der Waals surface area contributed by atoms with Gasteiger partial charge in [-0.25, -0.2) is 4.39 Å². The van der Waals surface area contributed by atoms with Crippen molar-refractivity contribution < 1.29 is 22.7 Å². The molecule has 1 saturated heterocycles. The molecule has 1 heterocycles. The second-order valence-corrected chi connectivity index (χ2v) is 7.36. The summed E-state index contributed by atoms with van der Waals surface area (Å²) in [6.07, 6.45) is -3.40. The number of hydrogen-bond donors (Lipinski definition) is 1. The largest absolute Gasteiger partial charge is 0.416 e. The first-order valence-electron chi connectivity index (χ1n) is 7.73. The molecule has 0 saturated carbocycles. The van der Waals surface area contributed by atoms with Crippen molar-refractivity contribution in [2.45, 2.75) is 51.9 Å². The Morgan fingerprint density at radius 2 is 1.70 bits per heavy atom. The normalized spacial score (nSPS) is 19.8. The molecule has 2 rings (SSSR count). The summed E-state index contributed by atoms with van der Waals surface area (Å²) < 4.78 is 51.6. The van der Waals surface area contributed by atoms with Crippen LogP contribution in [0, 0.1) is 11.2 Å². The molecule has 1 aliphatic heterocycles. The minimum absolute atomic E-state index is 0.237. The Morgan fingerprint density at radius 1 is 1.13 bits per heavy atom. The van der Waals surface area contributed by atoms with E-state index in [9.17, 15) is 22.7 Å². The molecule has 130 valence electrons. The van der Waals surface area contributed by atoms with Crippen LogP contribution < -0.4 is 0 Å². The van der Waals surface area contributed by atoms with Gasteiger partial charge < -0.3 is 5.11 Å². The van der Waals surface area contributed by atoms with E-state index in [1.807, 2.05) is 25.7 Å². The molecular formula is C17H23F4NO. The van der Waals surface area contributed by atoms with Gasteiger partial charge in [-0.05, 0) is 30.4 Å². The predicted octanol–water partition coefficient (Wildman–Crippen LogP) is 4.22. The molecule has 0 amide bonds. The van der Waals surface area contributed by atoms with Crippen LogP contribution >= 0.6 is 0 Å². The SMILES string of the molecule is CC(C)(C)C1(O)CCN(Cc2ccc(C(F)(F)F)cc2F)CC1. The zero-order chi connectivity index (χ0) is 17.5. The van der Waals surface area contributed by atoms with Crippen molar-refractivity contribution in [1.29, 1.82) is 0 Å². The molecule has 0 bridgehead atoms. The van der Waals surface area contributed by atoms with Gasteiger partial charge in [-0.15, -0.1) is 0 Å². The summed E-state index contributed by atoms with van der Waals surface area (Å²) in [6.45, 7) is 7.39. The zero-order valence-corrected chi connectivity index (χ0v) is 13.7. The maximum Gasteiger partial charge on any atom is 0.416 e. The first-order chi connectivity index (χ1) is 10.4. The van der Waals surface area contributed by atoms with Crippen LogP contribution in [-0.4, -0.2) is 28.7 Å². The maximum atomic E-state index is 13.9. The summed E-state index contributed by atoms with van der Waals surface area (Å²) in [7, 11) is 0. The van der Waals surface area contributed by atoms with Crippen molar-refractivity contribution >= 4 is 0 Å². The van der Waals surface area contributed by atoms with E-state index in [0.29, 0.717) is 32.0 Å². The van der Waals surface area contributed by atoms with Gasteiger partial charge in [0.2, 0.25) is 0 Å². The van der Waals surface area contributed by atoms with Crippen molar-refractivity contribution in [3.63, 3.8) is 0 Å². The fraction of sp³-hybridized carbons (Fsp3) is 0.647. The highest BCUT2D eigenvalue weighted by Crippen LogP contribution is 2.39. The van der Waals surface area contributed by atoms with E-state index in [4.69, 9.17) is 0 Å². The molecule has 0 atom stereocenters. The molecule has 0 unspecified atom stereocenters. The van der Waals surface area contributed by atoms with Crippen LogP contribution in [0.4, 0.5) is 17.6 Å². The highest BCUT2D eigenvalue weighted by molar-refractivity contribution is 5.26. The molecule has 1 aliphatic rings. The Hall–Kier alpha value is -1.14. The molecule has 0 radical (unpaired) electrons. The maximum absolute atomic E-state index is 13.9. The number of nitrogens with zero attached hydrogens (tertiary/aromatic N) is 1. The Labute approximate surface area is 134 Å². The average molecular weight is 333 g/mol. The third-order valence-corrected chi connectivity index (χ3v) is 4.85. The molecule has 0 spiro atoms. The molecule has 6 heteroatoms. The molecule has 1 fully saturated rings. The van der Waals surface area contributed by atoms with Crippen molar-refractivity contribution in [2.24, 2.45) is 5.41 Å². The van der Waals surface area contributed by atoms with Gasteiger partial charge in [0.05, 0.1) is 11.2 Å². The second kappa shape index (κ2) is 6.06. The summed E-state index contributed by atoms with van der Waals surface area (Å²) in [6, 6.07) is 2.65. The highest BCUT2D eigenvalue weighted by atomic mass is 19.4. The summed E-state index contributed by atoms with van der Waals surface area (Å²) in [5, 5.41) is 10.6. The van der Waals surface area contributed by atoms with Crippen LogP contribution in [0.1, 0.15) is 44.7 Å². The Morgan fingerprint density at radius 3 is 2.13 bits per heavy atom. The van der Waals surface area contributed by atoms with Crippen LogP contribution in [0.3, 0.4) is 0 Å². The monoisotopic (exact) mass is 333 g/mol. The molecule has 0 aliphatic carbocycles. The topological polar surface area (TPSA) is 23.5 Å². The van der Waals surface area contributed by atoms with Crippen LogP contribution in [0.15, 0.2) is 18.2 Å². The minimum atomic E-state index is -4.53. The zero-order valence-electron chi connectivity index (χ0n) is 13.7. The first-order valence-corrected chi connectivity index (χ1v) is 7.73. The molecule has 1 aromatic carbocycles. The van der Waals surface area contributed by atoms with Gasteiger partial charge in [0.15, 0.2) is 0 Å². The standard InChI is InChI=1S/C17H23F4NO/c1-15(2,3)16(23)6-8-22(9-7-16)11-12-4-5-13(10-14(12)18)17(19,20)21/h4-5,10,23H,6-9,11H2,1-3H3. The number of piperidine rings is 1. The Bertz CT molecular complexity index is 555. The lowest BCUT2D eigenvalue weighted by atomic mass is 9.71. The van der Waals surface area contributed by atoms with Gasteiger partial charge in [-0.1, -0.05) is 26.8 Å². The van der Waals surface area contributed by atoms with Crippen molar-refractivity contribution in [3.05, 3.63) is 35.1 Å². The summed E-state index contributed by atoms with van der Waals surface area (Å²) in [5.41, 5.74) is -1.72. The number of aliphatic hydroxyl groups is 1. The van der Waals surface area contributed by atoms with E-state index >= 15 is 0 Å². The molecule has 1 N–H and O–H groups in total.